The molecule has 0 aromatic heterocycles. The molecule has 5 N–H and O–H groups in total. The molecule has 0 radical (unpaired) electrons. The molecule has 2 aromatic rings. The summed E-state index contributed by atoms with van der Waals surface area (Å²) >= 11 is 0. The van der Waals surface area contributed by atoms with E-state index in [1.165, 1.54) is 11.1 Å². The molecule has 3 aliphatic rings. The third-order valence-corrected chi connectivity index (χ3v) is 6.64. The highest BCUT2D eigenvalue weighted by atomic mass is 16.5. The van der Waals surface area contributed by atoms with Crippen molar-refractivity contribution in [2.24, 2.45) is 0 Å². The number of rotatable bonds is 6. The summed E-state index contributed by atoms with van der Waals surface area (Å²) in [5, 5.41) is 38.1. The van der Waals surface area contributed by atoms with Crippen molar-refractivity contribution >= 4 is 5.69 Å². The normalized spacial score (nSPS) is 29.7. The lowest BCUT2D eigenvalue weighted by Crippen LogP contribution is -2.59. The minimum Gasteiger partial charge on any atom is -0.490 e. The van der Waals surface area contributed by atoms with Gasteiger partial charge in [-0.3, -0.25) is 5.32 Å². The van der Waals surface area contributed by atoms with E-state index in [4.69, 9.17) is 9.47 Å². The van der Waals surface area contributed by atoms with Crippen molar-refractivity contribution in [1.82, 2.24) is 5.32 Å². The highest BCUT2D eigenvalue weighted by molar-refractivity contribution is 5.59. The molecule has 1 saturated heterocycles. The van der Waals surface area contributed by atoms with Gasteiger partial charge in [-0.1, -0.05) is 31.2 Å². The summed E-state index contributed by atoms with van der Waals surface area (Å²) in [6, 6.07) is 12.6. The molecular weight excluding hydrogens is 408 g/mol. The first-order valence-corrected chi connectivity index (χ1v) is 11.6. The van der Waals surface area contributed by atoms with Crippen LogP contribution in [0.3, 0.4) is 0 Å². The van der Waals surface area contributed by atoms with Crippen molar-refractivity contribution in [2.75, 3.05) is 18.5 Å². The molecule has 5 rings (SSSR count). The lowest BCUT2D eigenvalue weighted by Gasteiger charge is -2.41. The Morgan fingerprint density at radius 1 is 1.00 bits per heavy atom. The van der Waals surface area contributed by atoms with Crippen LogP contribution in [0.5, 0.6) is 5.75 Å². The molecule has 172 valence electrons. The second kappa shape index (κ2) is 9.00. The molecule has 2 fully saturated rings. The molecule has 7 heteroatoms. The summed E-state index contributed by atoms with van der Waals surface area (Å²) in [5.74, 6) is 0.880. The number of anilines is 1. The maximum absolute atomic E-state index is 10.7. The Kier molecular flexibility index (Phi) is 6.09. The molecule has 1 saturated carbocycles. The van der Waals surface area contributed by atoms with Gasteiger partial charge in [0.05, 0.1) is 5.69 Å². The van der Waals surface area contributed by atoms with Crippen molar-refractivity contribution < 1.29 is 24.8 Å². The number of benzene rings is 2. The number of ether oxygens (including phenoxy) is 2. The van der Waals surface area contributed by atoms with Crippen LogP contribution >= 0.6 is 0 Å². The quantitative estimate of drug-likeness (QED) is 0.467. The molecule has 5 atom stereocenters. The summed E-state index contributed by atoms with van der Waals surface area (Å²) < 4.78 is 11.8. The number of nitrogens with one attached hydrogen (secondary N) is 2. The molecule has 0 bridgehead atoms. The molecule has 1 aliphatic carbocycles. The SMILES string of the molecule is CCc1ccc([C@@H]2O[C@H](NC3CC3)[C@@H](O)[C@H](O)[C@H]2O)cc1Cc1ccc2c(c1)NCCO2. The lowest BCUT2D eigenvalue weighted by molar-refractivity contribution is -0.232. The first-order chi connectivity index (χ1) is 15.5. The minimum absolute atomic E-state index is 0.303. The van der Waals surface area contributed by atoms with E-state index in [-0.39, 0.29) is 0 Å². The van der Waals surface area contributed by atoms with Crippen molar-refractivity contribution in [3.63, 3.8) is 0 Å². The fourth-order valence-electron chi connectivity index (χ4n) is 4.63. The van der Waals surface area contributed by atoms with E-state index in [0.29, 0.717) is 12.6 Å². The van der Waals surface area contributed by atoms with E-state index in [1.807, 2.05) is 12.1 Å². The van der Waals surface area contributed by atoms with Crippen LogP contribution in [0.1, 0.15) is 48.1 Å². The fourth-order valence-corrected chi connectivity index (χ4v) is 4.63. The number of hydrogen-bond acceptors (Lipinski definition) is 7. The van der Waals surface area contributed by atoms with Crippen molar-refractivity contribution in [3.05, 3.63) is 58.7 Å². The molecule has 2 aromatic carbocycles. The summed E-state index contributed by atoms with van der Waals surface area (Å²) in [5.41, 5.74) is 5.37. The summed E-state index contributed by atoms with van der Waals surface area (Å²) in [6.07, 6.45) is -1.36. The Morgan fingerprint density at radius 2 is 1.84 bits per heavy atom. The topological polar surface area (TPSA) is 103 Å². The molecule has 0 unspecified atom stereocenters. The first kappa shape index (κ1) is 21.7. The maximum atomic E-state index is 10.7. The third-order valence-electron chi connectivity index (χ3n) is 6.64. The molecule has 2 heterocycles. The Balaban J connectivity index is 1.40. The van der Waals surface area contributed by atoms with Gasteiger partial charge < -0.3 is 30.1 Å². The van der Waals surface area contributed by atoms with Gasteiger partial charge in [-0.2, -0.15) is 0 Å². The Labute approximate surface area is 188 Å². The van der Waals surface area contributed by atoms with Crippen molar-refractivity contribution in [3.8, 4) is 5.75 Å². The van der Waals surface area contributed by atoms with E-state index in [2.05, 4.69) is 41.8 Å². The zero-order valence-corrected chi connectivity index (χ0v) is 18.3. The summed E-state index contributed by atoms with van der Waals surface area (Å²) in [4.78, 5) is 0. The lowest BCUT2D eigenvalue weighted by atomic mass is 9.89. The van der Waals surface area contributed by atoms with E-state index in [1.54, 1.807) is 0 Å². The maximum Gasteiger partial charge on any atom is 0.142 e. The predicted molar refractivity (Wildman–Crippen MR) is 121 cm³/mol. The van der Waals surface area contributed by atoms with Gasteiger partial charge >= 0.3 is 0 Å². The molecule has 0 spiro atoms. The van der Waals surface area contributed by atoms with Gasteiger partial charge in [0.2, 0.25) is 0 Å². The van der Waals surface area contributed by atoms with Crippen LogP contribution in [0, 0.1) is 0 Å². The van der Waals surface area contributed by atoms with Crippen LogP contribution in [0.15, 0.2) is 36.4 Å². The van der Waals surface area contributed by atoms with E-state index >= 15 is 0 Å². The zero-order chi connectivity index (χ0) is 22.2. The predicted octanol–water partition coefficient (Wildman–Crippen LogP) is 1.88. The number of hydrogen-bond donors (Lipinski definition) is 5. The number of aliphatic hydroxyl groups excluding tert-OH is 3. The van der Waals surface area contributed by atoms with Gasteiger partial charge in [-0.25, -0.2) is 0 Å². The molecular formula is C25H32N2O5. The average molecular weight is 441 g/mol. The van der Waals surface area contributed by atoms with Crippen LogP contribution in [-0.4, -0.2) is 59.1 Å². The minimum atomic E-state index is -1.27. The van der Waals surface area contributed by atoms with E-state index in [9.17, 15) is 15.3 Å². The van der Waals surface area contributed by atoms with Crippen molar-refractivity contribution in [2.45, 2.75) is 69.3 Å². The fraction of sp³-hybridized carbons (Fsp3) is 0.520. The Hall–Kier alpha value is -2.16. The van der Waals surface area contributed by atoms with Crippen LogP contribution in [0.25, 0.3) is 0 Å². The molecule has 32 heavy (non-hydrogen) atoms. The molecule has 2 aliphatic heterocycles. The Morgan fingerprint density at radius 3 is 2.62 bits per heavy atom. The second-order valence-corrected chi connectivity index (χ2v) is 9.05. The second-order valence-electron chi connectivity index (χ2n) is 9.05. The monoisotopic (exact) mass is 440 g/mol. The van der Waals surface area contributed by atoms with Gasteiger partial charge in [0.1, 0.15) is 43.0 Å². The standard InChI is InChI=1S/C25H32N2O5/c1-2-15-4-5-16(24-22(29)21(28)23(30)25(32-24)27-18-6-7-18)13-17(15)11-14-3-8-20-19(12-14)26-9-10-31-20/h3-5,8,12-13,18,21-30H,2,6-7,9-11H2,1H3/t21-,22-,23+,24+,25+/m1/s1. The third kappa shape index (κ3) is 4.36. The molecule has 7 nitrogen and oxygen atoms in total. The van der Waals surface area contributed by atoms with Crippen LogP contribution < -0.4 is 15.4 Å². The Bertz CT molecular complexity index is 963. The van der Waals surface area contributed by atoms with Crippen LogP contribution in [-0.2, 0) is 17.6 Å². The first-order valence-electron chi connectivity index (χ1n) is 11.6. The van der Waals surface area contributed by atoms with Gasteiger partial charge in [-0.05, 0) is 60.1 Å². The van der Waals surface area contributed by atoms with Crippen LogP contribution in [0.2, 0.25) is 0 Å². The number of aliphatic hydroxyl groups is 3. The number of fused-ring (bicyclic) bond motifs is 1. The van der Waals surface area contributed by atoms with E-state index in [0.717, 1.165) is 54.8 Å². The summed E-state index contributed by atoms with van der Waals surface area (Å²) in [7, 11) is 0. The highest BCUT2D eigenvalue weighted by Gasteiger charge is 2.45. The van der Waals surface area contributed by atoms with E-state index < -0.39 is 30.6 Å². The number of aryl methyl sites for hydroxylation is 1. The van der Waals surface area contributed by atoms with Gasteiger partial charge in [0, 0.05) is 12.6 Å². The van der Waals surface area contributed by atoms with Gasteiger partial charge in [0.25, 0.3) is 0 Å². The van der Waals surface area contributed by atoms with Crippen molar-refractivity contribution in [1.29, 1.82) is 0 Å². The van der Waals surface area contributed by atoms with Gasteiger partial charge in [-0.15, -0.1) is 0 Å². The van der Waals surface area contributed by atoms with Gasteiger partial charge in [0.15, 0.2) is 0 Å². The largest absolute Gasteiger partial charge is 0.490 e. The average Bonchev–Trinajstić information content (AvgIpc) is 3.63. The molecule has 0 amide bonds. The zero-order valence-electron chi connectivity index (χ0n) is 18.3. The summed E-state index contributed by atoms with van der Waals surface area (Å²) in [6.45, 7) is 3.60. The smallest absolute Gasteiger partial charge is 0.142 e. The highest BCUT2D eigenvalue weighted by Crippen LogP contribution is 2.35. The van der Waals surface area contributed by atoms with Crippen LogP contribution in [0.4, 0.5) is 5.69 Å².